The monoisotopic (exact) mass is 358 g/mol. The van der Waals surface area contributed by atoms with Crippen LogP contribution in [0, 0.1) is 5.82 Å². The predicted octanol–water partition coefficient (Wildman–Crippen LogP) is 4.62. The normalized spacial score (nSPS) is 10.3. The maximum Gasteiger partial charge on any atom is 0.124 e. The second-order valence-electron chi connectivity index (χ2n) is 3.81. The highest BCUT2D eigenvalue weighted by Gasteiger charge is 2.06. The third-order valence-corrected chi connectivity index (χ3v) is 3.63. The molecule has 0 unspecified atom stereocenters. The quantitative estimate of drug-likeness (QED) is 0.785. The molecule has 2 aromatic rings. The average Bonchev–Trinajstić information content (AvgIpc) is 2.32. The van der Waals surface area contributed by atoms with E-state index in [9.17, 15) is 4.39 Å². The Kier molecular flexibility index (Phi) is 4.39. The summed E-state index contributed by atoms with van der Waals surface area (Å²) in [6.45, 7) is 0. The second kappa shape index (κ2) is 5.86. The third kappa shape index (κ3) is 3.43. The van der Waals surface area contributed by atoms with E-state index in [0.29, 0.717) is 15.1 Å². The number of anilines is 2. The van der Waals surface area contributed by atoms with Crippen LogP contribution < -0.4 is 11.1 Å². The van der Waals surface area contributed by atoms with Gasteiger partial charge in [0.05, 0.1) is 10.7 Å². The highest BCUT2D eigenvalue weighted by molar-refractivity contribution is 9.10. The Morgan fingerprint density at radius 2 is 2.00 bits per heavy atom. The topological polar surface area (TPSA) is 38.0 Å². The molecule has 0 fully saturated rings. The molecule has 0 aliphatic carbocycles. The Labute approximate surface area is 128 Å². The molecule has 0 spiro atoms. The summed E-state index contributed by atoms with van der Waals surface area (Å²) in [5.74, 6) is -0.306. The van der Waals surface area contributed by atoms with Crippen molar-refractivity contribution in [2.24, 2.45) is 5.73 Å². The van der Waals surface area contributed by atoms with E-state index in [1.165, 1.54) is 12.1 Å². The molecular weight excluding hydrogens is 351 g/mol. The van der Waals surface area contributed by atoms with E-state index in [1.54, 1.807) is 24.3 Å². The Morgan fingerprint density at radius 3 is 2.58 bits per heavy atom. The van der Waals surface area contributed by atoms with Gasteiger partial charge >= 0.3 is 0 Å². The number of nitrogens with one attached hydrogen (secondary N) is 1. The minimum Gasteiger partial charge on any atom is -0.389 e. The number of benzene rings is 2. The van der Waals surface area contributed by atoms with Gasteiger partial charge in [0.15, 0.2) is 0 Å². The molecule has 0 bridgehead atoms. The first-order valence-corrected chi connectivity index (χ1v) is 6.87. The van der Waals surface area contributed by atoms with Gasteiger partial charge in [-0.25, -0.2) is 4.39 Å². The van der Waals surface area contributed by atoms with Crippen LogP contribution in [0.1, 0.15) is 5.56 Å². The summed E-state index contributed by atoms with van der Waals surface area (Å²) in [5, 5.41) is 3.59. The zero-order valence-electron chi connectivity index (χ0n) is 9.58. The minimum atomic E-state index is -0.306. The number of hydrogen-bond acceptors (Lipinski definition) is 2. The summed E-state index contributed by atoms with van der Waals surface area (Å²) >= 11 is 14.2. The predicted molar refractivity (Wildman–Crippen MR) is 84.7 cm³/mol. The van der Waals surface area contributed by atoms with E-state index in [0.717, 1.165) is 11.4 Å². The molecular formula is C13H9BrClFN2S. The Hall–Kier alpha value is -1.17. The van der Waals surface area contributed by atoms with Crippen molar-refractivity contribution in [3.05, 3.63) is 57.3 Å². The molecule has 2 rings (SSSR count). The lowest BCUT2D eigenvalue weighted by atomic mass is 10.2. The van der Waals surface area contributed by atoms with Gasteiger partial charge in [0.1, 0.15) is 10.8 Å². The van der Waals surface area contributed by atoms with E-state index in [4.69, 9.17) is 29.6 Å². The molecule has 2 aromatic carbocycles. The molecule has 0 aliphatic heterocycles. The smallest absolute Gasteiger partial charge is 0.124 e. The van der Waals surface area contributed by atoms with Crippen molar-refractivity contribution in [2.45, 2.75) is 0 Å². The maximum absolute atomic E-state index is 13.0. The molecule has 98 valence electrons. The molecule has 3 N–H and O–H groups in total. The number of halogens is 3. The van der Waals surface area contributed by atoms with Crippen molar-refractivity contribution < 1.29 is 4.39 Å². The first-order chi connectivity index (χ1) is 8.97. The summed E-state index contributed by atoms with van der Waals surface area (Å²) in [7, 11) is 0. The van der Waals surface area contributed by atoms with Crippen LogP contribution in [0.5, 0.6) is 0 Å². The molecule has 0 aromatic heterocycles. The summed E-state index contributed by atoms with van der Waals surface area (Å²) in [5.41, 5.74) is 7.66. The fraction of sp³-hybridized carbons (Fsp3) is 0. The van der Waals surface area contributed by atoms with Crippen molar-refractivity contribution in [1.29, 1.82) is 0 Å². The number of thiocarbonyl (C=S) groups is 1. The van der Waals surface area contributed by atoms with Gasteiger partial charge in [-0.05, 0) is 52.3 Å². The van der Waals surface area contributed by atoms with Crippen LogP contribution in [0.4, 0.5) is 15.8 Å². The first-order valence-electron chi connectivity index (χ1n) is 5.29. The summed E-state index contributed by atoms with van der Waals surface area (Å²) < 4.78 is 13.6. The highest BCUT2D eigenvalue weighted by Crippen LogP contribution is 2.28. The van der Waals surface area contributed by atoms with E-state index in [2.05, 4.69) is 21.2 Å². The molecule has 0 atom stereocenters. The van der Waals surface area contributed by atoms with Crippen LogP contribution in [0.15, 0.2) is 40.9 Å². The van der Waals surface area contributed by atoms with Crippen molar-refractivity contribution >= 4 is 56.1 Å². The van der Waals surface area contributed by atoms with Crippen LogP contribution in [0.2, 0.25) is 5.02 Å². The molecule has 0 saturated carbocycles. The highest BCUT2D eigenvalue weighted by atomic mass is 79.9. The lowest BCUT2D eigenvalue weighted by Crippen LogP contribution is -2.09. The van der Waals surface area contributed by atoms with Crippen molar-refractivity contribution in [3.63, 3.8) is 0 Å². The van der Waals surface area contributed by atoms with E-state index < -0.39 is 0 Å². The van der Waals surface area contributed by atoms with Crippen LogP contribution >= 0.6 is 39.7 Å². The lowest BCUT2D eigenvalue weighted by Gasteiger charge is -2.10. The zero-order valence-corrected chi connectivity index (χ0v) is 12.7. The largest absolute Gasteiger partial charge is 0.389 e. The summed E-state index contributed by atoms with van der Waals surface area (Å²) in [6.07, 6.45) is 0. The third-order valence-electron chi connectivity index (χ3n) is 2.44. The van der Waals surface area contributed by atoms with Gasteiger partial charge in [-0.3, -0.25) is 0 Å². The maximum atomic E-state index is 13.0. The molecule has 0 heterocycles. The summed E-state index contributed by atoms with van der Waals surface area (Å²) in [6, 6.07) is 9.65. The van der Waals surface area contributed by atoms with Gasteiger partial charge in [-0.2, -0.15) is 0 Å². The molecule has 2 nitrogen and oxygen atoms in total. The molecule has 6 heteroatoms. The molecule has 19 heavy (non-hydrogen) atoms. The Bertz CT molecular complexity index is 649. The fourth-order valence-corrected chi connectivity index (χ4v) is 2.51. The second-order valence-corrected chi connectivity index (χ2v) is 5.51. The molecule has 0 radical (unpaired) electrons. The minimum absolute atomic E-state index is 0.250. The lowest BCUT2D eigenvalue weighted by molar-refractivity contribution is 0.627. The van der Waals surface area contributed by atoms with Crippen molar-refractivity contribution in [1.82, 2.24) is 0 Å². The molecule has 0 saturated heterocycles. The van der Waals surface area contributed by atoms with Crippen LogP contribution in [0.25, 0.3) is 0 Å². The van der Waals surface area contributed by atoms with Crippen LogP contribution in [-0.2, 0) is 0 Å². The molecule has 0 aliphatic rings. The number of rotatable bonds is 3. The first kappa shape index (κ1) is 14.2. The Balaban J connectivity index is 2.29. The standard InChI is InChI=1S/C13H9BrClFN2S/c14-10-5-7(16)1-4-12(10)18-8-2-3-9(13(17)19)11(15)6-8/h1-6,18H,(H2,17,19). The van der Waals surface area contributed by atoms with E-state index in [1.807, 2.05) is 0 Å². The van der Waals surface area contributed by atoms with Gasteiger partial charge in [-0.1, -0.05) is 23.8 Å². The van der Waals surface area contributed by atoms with Crippen molar-refractivity contribution in [2.75, 3.05) is 5.32 Å². The fourth-order valence-electron chi connectivity index (χ4n) is 1.54. The number of hydrogen-bond donors (Lipinski definition) is 2. The van der Waals surface area contributed by atoms with Crippen LogP contribution in [0.3, 0.4) is 0 Å². The van der Waals surface area contributed by atoms with Crippen LogP contribution in [-0.4, -0.2) is 4.99 Å². The van der Waals surface area contributed by atoms with Gasteiger partial charge in [-0.15, -0.1) is 0 Å². The average molecular weight is 360 g/mol. The zero-order chi connectivity index (χ0) is 14.0. The van der Waals surface area contributed by atoms with Gasteiger partial charge in [0.2, 0.25) is 0 Å². The SMILES string of the molecule is NC(=S)c1ccc(Nc2ccc(F)cc2Br)cc1Cl. The molecule has 0 amide bonds. The van der Waals surface area contributed by atoms with Gasteiger partial charge < -0.3 is 11.1 Å². The van der Waals surface area contributed by atoms with Gasteiger partial charge in [0.25, 0.3) is 0 Å². The van der Waals surface area contributed by atoms with Gasteiger partial charge in [0, 0.05) is 15.7 Å². The Morgan fingerprint density at radius 1 is 1.26 bits per heavy atom. The van der Waals surface area contributed by atoms with E-state index >= 15 is 0 Å². The van der Waals surface area contributed by atoms with E-state index in [-0.39, 0.29) is 10.8 Å². The summed E-state index contributed by atoms with van der Waals surface area (Å²) in [4.78, 5) is 0.250. The number of nitrogens with two attached hydrogens (primary N) is 1. The van der Waals surface area contributed by atoms with Crippen molar-refractivity contribution in [3.8, 4) is 0 Å².